The summed E-state index contributed by atoms with van der Waals surface area (Å²) in [5, 5.41) is 6.33. The predicted molar refractivity (Wildman–Crippen MR) is 99.6 cm³/mol. The number of nitrogens with one attached hydrogen (secondary N) is 2. The molecule has 1 aromatic rings. The number of halogens is 1. The molecule has 0 amide bonds. The lowest BCUT2D eigenvalue weighted by molar-refractivity contribution is 0.575. The van der Waals surface area contributed by atoms with Crippen molar-refractivity contribution in [1.82, 2.24) is 15.2 Å². The standard InChI is InChI=1S/C15H24N4O.HI/c1-4-10-17-15(16-3)18-11-5-6-12-19-13(2)8-7-9-14(19)20;/h4,7-9H,1,5-6,10-12H2,2-3H3,(H2,16,17,18);1H. The highest BCUT2D eigenvalue weighted by atomic mass is 127. The van der Waals surface area contributed by atoms with E-state index in [4.69, 9.17) is 0 Å². The van der Waals surface area contributed by atoms with E-state index in [2.05, 4.69) is 22.2 Å². The third-order valence-corrected chi connectivity index (χ3v) is 3.01. The van der Waals surface area contributed by atoms with Crippen LogP contribution >= 0.6 is 24.0 Å². The molecule has 0 aliphatic rings. The molecule has 1 heterocycles. The van der Waals surface area contributed by atoms with Crippen LogP contribution in [-0.4, -0.2) is 30.7 Å². The van der Waals surface area contributed by atoms with Crippen LogP contribution in [0.25, 0.3) is 0 Å². The molecular weight excluding hydrogens is 379 g/mol. The molecule has 0 radical (unpaired) electrons. The van der Waals surface area contributed by atoms with Crippen molar-refractivity contribution in [2.45, 2.75) is 26.3 Å². The Morgan fingerprint density at radius 1 is 1.38 bits per heavy atom. The minimum absolute atomic E-state index is 0. The zero-order chi connectivity index (χ0) is 14.8. The Labute approximate surface area is 143 Å². The largest absolute Gasteiger partial charge is 0.356 e. The number of aromatic nitrogens is 1. The van der Waals surface area contributed by atoms with Gasteiger partial charge in [0.25, 0.3) is 5.56 Å². The van der Waals surface area contributed by atoms with E-state index in [1.165, 1.54) is 0 Å². The van der Waals surface area contributed by atoms with Gasteiger partial charge in [0.1, 0.15) is 0 Å². The maximum absolute atomic E-state index is 11.7. The SMILES string of the molecule is C=CCNC(=NC)NCCCCn1c(C)cccc1=O.I. The molecule has 1 aromatic heterocycles. The van der Waals surface area contributed by atoms with E-state index in [0.29, 0.717) is 6.54 Å². The van der Waals surface area contributed by atoms with E-state index in [9.17, 15) is 4.79 Å². The molecular formula is C15H25IN4O. The molecule has 118 valence electrons. The molecule has 5 nitrogen and oxygen atoms in total. The van der Waals surface area contributed by atoms with Gasteiger partial charge in [-0.25, -0.2) is 0 Å². The van der Waals surface area contributed by atoms with Crippen molar-refractivity contribution in [3.05, 3.63) is 46.9 Å². The average molecular weight is 404 g/mol. The molecule has 0 fully saturated rings. The molecule has 6 heteroatoms. The number of hydrogen-bond acceptors (Lipinski definition) is 2. The van der Waals surface area contributed by atoms with Gasteiger partial charge in [0.15, 0.2) is 5.96 Å². The Bertz CT molecular complexity index is 511. The van der Waals surface area contributed by atoms with Crippen LogP contribution in [0.15, 0.2) is 40.6 Å². The highest BCUT2D eigenvalue weighted by Crippen LogP contribution is 1.97. The lowest BCUT2D eigenvalue weighted by Crippen LogP contribution is -2.37. The first-order chi connectivity index (χ1) is 9.69. The molecule has 21 heavy (non-hydrogen) atoms. The van der Waals surface area contributed by atoms with Gasteiger partial charge in [-0.15, -0.1) is 30.6 Å². The van der Waals surface area contributed by atoms with Gasteiger partial charge in [-0.3, -0.25) is 9.79 Å². The third-order valence-electron chi connectivity index (χ3n) is 3.01. The number of nitrogens with zero attached hydrogens (tertiary/aromatic N) is 2. The number of guanidine groups is 1. The van der Waals surface area contributed by atoms with E-state index in [1.807, 2.05) is 17.6 Å². The molecule has 0 aromatic carbocycles. The van der Waals surface area contributed by atoms with Crippen molar-refractivity contribution in [1.29, 1.82) is 0 Å². The Balaban J connectivity index is 0.00000400. The van der Waals surface area contributed by atoms with Crippen LogP contribution in [0, 0.1) is 6.92 Å². The van der Waals surface area contributed by atoms with Gasteiger partial charge in [-0.05, 0) is 25.8 Å². The molecule has 0 aliphatic carbocycles. The van der Waals surface area contributed by atoms with Crippen molar-refractivity contribution in [2.24, 2.45) is 4.99 Å². The highest BCUT2D eigenvalue weighted by molar-refractivity contribution is 14.0. The van der Waals surface area contributed by atoms with E-state index >= 15 is 0 Å². The van der Waals surface area contributed by atoms with Gasteiger partial charge >= 0.3 is 0 Å². The van der Waals surface area contributed by atoms with Crippen LogP contribution in [0.5, 0.6) is 0 Å². The summed E-state index contributed by atoms with van der Waals surface area (Å²) in [6.45, 7) is 7.89. The van der Waals surface area contributed by atoms with Crippen LogP contribution in [0.4, 0.5) is 0 Å². The quantitative estimate of drug-likeness (QED) is 0.240. The fourth-order valence-corrected chi connectivity index (χ4v) is 1.90. The summed E-state index contributed by atoms with van der Waals surface area (Å²) in [4.78, 5) is 15.8. The number of pyridine rings is 1. The fraction of sp³-hybridized carbons (Fsp3) is 0.467. The number of unbranched alkanes of at least 4 members (excludes halogenated alkanes) is 1. The van der Waals surface area contributed by atoms with Gasteiger partial charge < -0.3 is 15.2 Å². The molecule has 0 bridgehead atoms. The van der Waals surface area contributed by atoms with Crippen LogP contribution in [0.1, 0.15) is 18.5 Å². The van der Waals surface area contributed by atoms with Crippen LogP contribution in [-0.2, 0) is 6.54 Å². The van der Waals surface area contributed by atoms with Crippen LogP contribution in [0.3, 0.4) is 0 Å². The van der Waals surface area contributed by atoms with Crippen LogP contribution in [0.2, 0.25) is 0 Å². The van der Waals surface area contributed by atoms with Gasteiger partial charge in [0.05, 0.1) is 0 Å². The Morgan fingerprint density at radius 2 is 2.14 bits per heavy atom. The lowest BCUT2D eigenvalue weighted by atomic mass is 10.3. The fourth-order valence-electron chi connectivity index (χ4n) is 1.90. The van der Waals surface area contributed by atoms with Crippen molar-refractivity contribution >= 4 is 29.9 Å². The van der Waals surface area contributed by atoms with Crippen molar-refractivity contribution < 1.29 is 0 Å². The second kappa shape index (κ2) is 11.4. The van der Waals surface area contributed by atoms with E-state index in [-0.39, 0.29) is 29.5 Å². The summed E-state index contributed by atoms with van der Waals surface area (Å²) < 4.78 is 1.81. The summed E-state index contributed by atoms with van der Waals surface area (Å²) >= 11 is 0. The minimum atomic E-state index is 0. The Kier molecular flexibility index (Phi) is 10.7. The zero-order valence-electron chi connectivity index (χ0n) is 12.8. The summed E-state index contributed by atoms with van der Waals surface area (Å²) in [6, 6.07) is 5.36. The molecule has 0 atom stereocenters. The Hall–Kier alpha value is -1.31. The van der Waals surface area contributed by atoms with Gasteiger partial charge in [0.2, 0.25) is 0 Å². The molecule has 1 rings (SSSR count). The maximum Gasteiger partial charge on any atom is 0.250 e. The first kappa shape index (κ1) is 19.7. The first-order valence-corrected chi connectivity index (χ1v) is 6.91. The van der Waals surface area contributed by atoms with E-state index < -0.39 is 0 Å². The van der Waals surface area contributed by atoms with Crippen molar-refractivity contribution in [3.8, 4) is 0 Å². The normalized spacial score (nSPS) is 10.7. The monoisotopic (exact) mass is 404 g/mol. The second-order valence-electron chi connectivity index (χ2n) is 4.53. The minimum Gasteiger partial charge on any atom is -0.356 e. The number of aliphatic imine (C=N–C) groups is 1. The van der Waals surface area contributed by atoms with E-state index in [1.54, 1.807) is 25.3 Å². The van der Waals surface area contributed by atoms with Gasteiger partial charge in [0, 0.05) is 38.4 Å². The highest BCUT2D eigenvalue weighted by Gasteiger charge is 1.99. The number of aryl methyl sites for hydroxylation is 1. The van der Waals surface area contributed by atoms with Gasteiger partial charge in [-0.2, -0.15) is 0 Å². The van der Waals surface area contributed by atoms with Crippen LogP contribution < -0.4 is 16.2 Å². The average Bonchev–Trinajstić information content (AvgIpc) is 2.44. The third kappa shape index (κ3) is 7.31. The number of rotatable bonds is 7. The van der Waals surface area contributed by atoms with Crippen molar-refractivity contribution in [3.63, 3.8) is 0 Å². The maximum atomic E-state index is 11.7. The summed E-state index contributed by atoms with van der Waals surface area (Å²) in [5.41, 5.74) is 1.08. The summed E-state index contributed by atoms with van der Waals surface area (Å²) in [6.07, 6.45) is 3.73. The summed E-state index contributed by atoms with van der Waals surface area (Å²) in [7, 11) is 1.74. The topological polar surface area (TPSA) is 58.4 Å². The smallest absolute Gasteiger partial charge is 0.250 e. The molecule has 0 unspecified atom stereocenters. The van der Waals surface area contributed by atoms with E-state index in [0.717, 1.165) is 37.6 Å². The second-order valence-corrected chi connectivity index (χ2v) is 4.53. The number of hydrogen-bond donors (Lipinski definition) is 2. The first-order valence-electron chi connectivity index (χ1n) is 6.91. The molecule has 0 saturated heterocycles. The molecule has 0 aliphatic heterocycles. The molecule has 2 N–H and O–H groups in total. The summed E-state index contributed by atoms with van der Waals surface area (Å²) in [5.74, 6) is 0.776. The molecule has 0 saturated carbocycles. The van der Waals surface area contributed by atoms with Crippen molar-refractivity contribution in [2.75, 3.05) is 20.1 Å². The zero-order valence-corrected chi connectivity index (χ0v) is 15.1. The predicted octanol–water partition coefficient (Wildman–Crippen LogP) is 1.91. The molecule has 0 spiro atoms. The lowest BCUT2D eigenvalue weighted by Gasteiger charge is -2.11. The van der Waals surface area contributed by atoms with Gasteiger partial charge in [-0.1, -0.05) is 12.1 Å². The Morgan fingerprint density at radius 3 is 2.76 bits per heavy atom.